The van der Waals surface area contributed by atoms with Crippen molar-refractivity contribution in [3.05, 3.63) is 41.1 Å². The van der Waals surface area contributed by atoms with Crippen LogP contribution >= 0.6 is 11.6 Å². The first kappa shape index (κ1) is 28.7. The van der Waals surface area contributed by atoms with Gasteiger partial charge in [0.15, 0.2) is 11.5 Å². The zero-order chi connectivity index (χ0) is 27.6. The van der Waals surface area contributed by atoms with E-state index in [1.54, 1.807) is 0 Å². The molecule has 1 aliphatic rings. The predicted octanol–water partition coefficient (Wildman–Crippen LogP) is 4.90. The third-order valence-corrected chi connectivity index (χ3v) is 7.54. The molecule has 37 heavy (non-hydrogen) atoms. The van der Waals surface area contributed by atoms with Crippen molar-refractivity contribution < 1.29 is 35.8 Å². The largest absolute Gasteiger partial charge is 0.435 e. The van der Waals surface area contributed by atoms with Crippen LogP contribution in [0.1, 0.15) is 40.9 Å². The molecular weight excluding hydrogens is 545 g/mol. The third-order valence-electron chi connectivity index (χ3n) is 5.63. The molecule has 1 aromatic carbocycles. The second kappa shape index (κ2) is 10.9. The van der Waals surface area contributed by atoms with Gasteiger partial charge in [0.25, 0.3) is 11.8 Å². The van der Waals surface area contributed by atoms with Crippen LogP contribution in [0.4, 0.5) is 33.5 Å². The van der Waals surface area contributed by atoms with Crippen LogP contribution in [0.2, 0.25) is 0 Å². The van der Waals surface area contributed by atoms with Crippen molar-refractivity contribution in [2.75, 3.05) is 35.4 Å². The van der Waals surface area contributed by atoms with Crippen LogP contribution in [-0.2, 0) is 20.7 Å². The molecule has 1 aromatic heterocycles. The molecule has 1 N–H and O–H groups in total. The minimum atomic E-state index is -4.92. The average molecular weight is 568 g/mol. The lowest BCUT2D eigenvalue weighted by Crippen LogP contribution is -2.31. The van der Waals surface area contributed by atoms with Crippen molar-refractivity contribution >= 4 is 44.6 Å². The molecule has 1 aliphatic heterocycles. The fourth-order valence-electron chi connectivity index (χ4n) is 3.82. The van der Waals surface area contributed by atoms with E-state index in [4.69, 9.17) is 11.6 Å². The van der Waals surface area contributed by atoms with E-state index in [2.05, 4.69) is 19.9 Å². The normalized spacial score (nSPS) is 17.5. The highest BCUT2D eigenvalue weighted by Crippen LogP contribution is 2.36. The first-order valence-corrected chi connectivity index (χ1v) is 13.4. The molecule has 2 heterocycles. The van der Waals surface area contributed by atoms with Gasteiger partial charge in [0.05, 0.1) is 15.3 Å². The number of nitrogens with zero attached hydrogens (tertiary/aromatic N) is 4. The Kier molecular flexibility index (Phi) is 8.42. The van der Waals surface area contributed by atoms with Crippen LogP contribution in [0.15, 0.2) is 33.5 Å². The molecule has 202 valence electrons. The van der Waals surface area contributed by atoms with Gasteiger partial charge >= 0.3 is 6.18 Å². The van der Waals surface area contributed by atoms with Gasteiger partial charge in [0, 0.05) is 42.8 Å². The van der Waals surface area contributed by atoms with Crippen molar-refractivity contribution in [3.63, 3.8) is 0 Å². The summed E-state index contributed by atoms with van der Waals surface area (Å²) in [6.07, 6.45) is -4.66. The number of amides is 2. The lowest BCUT2D eigenvalue weighted by atomic mass is 10.1. The molecule has 0 spiro atoms. The summed E-state index contributed by atoms with van der Waals surface area (Å²) in [6, 6.07) is 5.45. The Morgan fingerprint density at radius 3 is 2.57 bits per heavy atom. The zero-order valence-electron chi connectivity index (χ0n) is 19.7. The Morgan fingerprint density at radius 2 is 1.92 bits per heavy atom. The molecule has 15 heteroatoms. The van der Waals surface area contributed by atoms with Gasteiger partial charge in [-0.05, 0) is 37.1 Å². The van der Waals surface area contributed by atoms with E-state index in [0.29, 0.717) is 0 Å². The summed E-state index contributed by atoms with van der Waals surface area (Å²) < 4.78 is 84.8. The van der Waals surface area contributed by atoms with Crippen molar-refractivity contribution in [1.82, 2.24) is 10.2 Å². The Hall–Kier alpha value is -2.87. The molecule has 0 saturated carbocycles. The van der Waals surface area contributed by atoms with Gasteiger partial charge in [0.1, 0.15) is 5.88 Å². The van der Waals surface area contributed by atoms with E-state index < -0.39 is 69.2 Å². The van der Waals surface area contributed by atoms with Crippen LogP contribution in [0.3, 0.4) is 0 Å². The Balaban J connectivity index is 2.04. The van der Waals surface area contributed by atoms with Gasteiger partial charge in [-0.1, -0.05) is 6.07 Å². The smallest absolute Gasteiger partial charge is 0.354 e. The molecule has 8 nitrogen and oxygen atoms in total. The predicted molar refractivity (Wildman–Crippen MR) is 128 cm³/mol. The number of carbonyl (C=O) groups is 2. The fraction of sp³-hybridized carbons (Fsp3) is 0.455. The molecule has 2 aromatic rings. The summed E-state index contributed by atoms with van der Waals surface area (Å²) in [4.78, 5) is 26.2. The zero-order valence-corrected chi connectivity index (χ0v) is 21.3. The lowest BCUT2D eigenvalue weighted by Gasteiger charge is -2.25. The second-order valence-corrected chi connectivity index (χ2v) is 11.0. The van der Waals surface area contributed by atoms with Crippen LogP contribution < -0.4 is 10.2 Å². The van der Waals surface area contributed by atoms with Crippen LogP contribution in [0, 0.1) is 6.92 Å². The first-order valence-electron chi connectivity index (χ1n) is 10.9. The standard InChI is InChI=1S/C22H23ClF5N5O3S/c1-13-17(20(35)29-14-5-3-6-15(11-14)37(2,36)32-16(34)12-23)19(31-30-18(13)22(26,27)28)33-9-4-7-21(24,25)8-10-33/h3,5-6,11H,4,7-10,12H2,1-2H3,(H,29,35)/t37-/m1/s1. The number of alkyl halides is 6. The quantitative estimate of drug-likeness (QED) is 0.407. The highest BCUT2D eigenvalue weighted by molar-refractivity contribution is 7.93. The molecule has 1 fully saturated rings. The first-order chi connectivity index (χ1) is 17.1. The van der Waals surface area contributed by atoms with Crippen molar-refractivity contribution in [2.24, 2.45) is 4.36 Å². The van der Waals surface area contributed by atoms with E-state index in [9.17, 15) is 35.8 Å². The van der Waals surface area contributed by atoms with Crippen molar-refractivity contribution in [3.8, 4) is 0 Å². The number of aromatic nitrogens is 2. The van der Waals surface area contributed by atoms with Gasteiger partial charge in [-0.25, -0.2) is 13.0 Å². The second-order valence-electron chi connectivity index (χ2n) is 8.47. The summed E-state index contributed by atoms with van der Waals surface area (Å²) in [7, 11) is -3.23. The summed E-state index contributed by atoms with van der Waals surface area (Å²) in [5, 5.41) is 9.31. The van der Waals surface area contributed by atoms with E-state index in [-0.39, 0.29) is 35.9 Å². The molecule has 0 bridgehead atoms. The summed E-state index contributed by atoms with van der Waals surface area (Å²) >= 11 is 5.42. The Bertz CT molecular complexity index is 1330. The van der Waals surface area contributed by atoms with Gasteiger partial charge in [-0.15, -0.1) is 21.8 Å². The SMILES string of the molecule is Cc1c(C(F)(F)F)nnc(N2CCCC(F)(F)CC2)c1C(=O)Nc1cccc([S@@](C)(=O)=NC(=O)CCl)c1. The topological polar surface area (TPSA) is 105 Å². The molecule has 1 atom stereocenters. The summed E-state index contributed by atoms with van der Waals surface area (Å²) in [6.45, 7) is 0.851. The van der Waals surface area contributed by atoms with Crippen molar-refractivity contribution in [1.29, 1.82) is 0 Å². The minimum Gasteiger partial charge on any atom is -0.354 e. The van der Waals surface area contributed by atoms with E-state index in [1.165, 1.54) is 35.4 Å². The maximum atomic E-state index is 13.9. The highest BCUT2D eigenvalue weighted by Gasteiger charge is 2.39. The van der Waals surface area contributed by atoms with Crippen LogP contribution in [0.5, 0.6) is 0 Å². The number of hydrogen-bond acceptors (Lipinski definition) is 6. The van der Waals surface area contributed by atoms with Crippen molar-refractivity contribution in [2.45, 2.75) is 43.2 Å². The number of carbonyl (C=O) groups excluding carboxylic acids is 2. The van der Waals surface area contributed by atoms with E-state index in [0.717, 1.165) is 6.92 Å². The Labute approximate surface area is 214 Å². The summed E-state index contributed by atoms with van der Waals surface area (Å²) in [5.41, 5.74) is -2.34. The van der Waals surface area contributed by atoms with Gasteiger partial charge < -0.3 is 10.2 Å². The van der Waals surface area contributed by atoms with E-state index in [1.807, 2.05) is 0 Å². The monoisotopic (exact) mass is 567 g/mol. The Morgan fingerprint density at radius 1 is 1.22 bits per heavy atom. The number of rotatable bonds is 5. The van der Waals surface area contributed by atoms with Gasteiger partial charge in [0.2, 0.25) is 5.92 Å². The number of hydrogen-bond donors (Lipinski definition) is 1. The van der Waals surface area contributed by atoms with Crippen LogP contribution in [0.25, 0.3) is 0 Å². The molecule has 0 radical (unpaired) electrons. The molecular formula is C22H23ClF5N5O3S. The molecule has 1 saturated heterocycles. The molecule has 3 rings (SSSR count). The highest BCUT2D eigenvalue weighted by atomic mass is 35.5. The number of nitrogens with one attached hydrogen (secondary N) is 1. The summed E-state index contributed by atoms with van der Waals surface area (Å²) in [5.74, 6) is -5.50. The fourth-order valence-corrected chi connectivity index (χ4v) is 5.19. The maximum Gasteiger partial charge on any atom is 0.435 e. The molecule has 0 aliphatic carbocycles. The van der Waals surface area contributed by atoms with Gasteiger partial charge in [-0.3, -0.25) is 9.59 Å². The molecule has 2 amide bonds. The molecule has 0 unspecified atom stereocenters. The number of anilines is 2. The lowest BCUT2D eigenvalue weighted by molar-refractivity contribution is -0.142. The third kappa shape index (κ3) is 6.92. The number of halogens is 6. The minimum absolute atomic E-state index is 0.0350. The maximum absolute atomic E-state index is 13.9. The van der Waals surface area contributed by atoms with Crippen LogP contribution in [-0.4, -0.2) is 57.4 Å². The average Bonchev–Trinajstić information content (AvgIpc) is 2.98. The van der Waals surface area contributed by atoms with E-state index >= 15 is 0 Å². The number of benzene rings is 1. The van der Waals surface area contributed by atoms with Gasteiger partial charge in [-0.2, -0.15) is 17.5 Å².